The molecular formula is C16H28N2O. The molecule has 0 atom stereocenters. The highest BCUT2D eigenvalue weighted by molar-refractivity contribution is 5.41. The van der Waals surface area contributed by atoms with Gasteiger partial charge in [0.2, 0.25) is 0 Å². The molecule has 0 aliphatic heterocycles. The standard InChI is InChI=1S/C16H28N2O/c1-12(2)17-7-8-18(5)11-15-9-13(3)14(4)10-16(15)19-6/h9-10,12,17H,7-8,11H2,1-6H3. The van der Waals surface area contributed by atoms with E-state index < -0.39 is 0 Å². The Morgan fingerprint density at radius 2 is 1.84 bits per heavy atom. The molecule has 0 aliphatic rings. The first-order valence-corrected chi connectivity index (χ1v) is 7.00. The zero-order chi connectivity index (χ0) is 14.4. The normalized spacial score (nSPS) is 11.4. The quantitative estimate of drug-likeness (QED) is 0.819. The smallest absolute Gasteiger partial charge is 0.123 e. The summed E-state index contributed by atoms with van der Waals surface area (Å²) in [5.74, 6) is 0.992. The summed E-state index contributed by atoms with van der Waals surface area (Å²) < 4.78 is 5.48. The maximum atomic E-state index is 5.48. The van der Waals surface area contributed by atoms with E-state index in [2.05, 4.69) is 57.1 Å². The number of aryl methyl sites for hydroxylation is 2. The summed E-state index contributed by atoms with van der Waals surface area (Å²) >= 11 is 0. The largest absolute Gasteiger partial charge is 0.496 e. The van der Waals surface area contributed by atoms with Crippen LogP contribution < -0.4 is 10.1 Å². The van der Waals surface area contributed by atoms with Gasteiger partial charge in [0.1, 0.15) is 5.75 Å². The highest BCUT2D eigenvalue weighted by Gasteiger charge is 2.08. The first-order chi connectivity index (χ1) is 8.93. The molecule has 19 heavy (non-hydrogen) atoms. The van der Waals surface area contributed by atoms with E-state index in [1.165, 1.54) is 16.7 Å². The van der Waals surface area contributed by atoms with Crippen molar-refractivity contribution >= 4 is 0 Å². The highest BCUT2D eigenvalue weighted by atomic mass is 16.5. The summed E-state index contributed by atoms with van der Waals surface area (Å²) in [4.78, 5) is 2.32. The van der Waals surface area contributed by atoms with Crippen LogP contribution in [-0.2, 0) is 6.54 Å². The van der Waals surface area contributed by atoms with E-state index in [0.717, 1.165) is 25.4 Å². The summed E-state index contributed by atoms with van der Waals surface area (Å²) in [5.41, 5.74) is 3.87. The Morgan fingerprint density at radius 3 is 2.42 bits per heavy atom. The monoisotopic (exact) mass is 264 g/mol. The van der Waals surface area contributed by atoms with Gasteiger partial charge in [-0.1, -0.05) is 19.9 Å². The third kappa shape index (κ3) is 5.21. The Hall–Kier alpha value is -1.06. The van der Waals surface area contributed by atoms with E-state index >= 15 is 0 Å². The molecule has 0 fully saturated rings. The van der Waals surface area contributed by atoms with Gasteiger partial charge in [0.25, 0.3) is 0 Å². The fourth-order valence-electron chi connectivity index (χ4n) is 2.08. The van der Waals surface area contributed by atoms with Crippen LogP contribution in [0, 0.1) is 13.8 Å². The minimum absolute atomic E-state index is 0.546. The van der Waals surface area contributed by atoms with E-state index in [-0.39, 0.29) is 0 Å². The summed E-state index contributed by atoms with van der Waals surface area (Å²) in [6, 6.07) is 4.91. The van der Waals surface area contributed by atoms with Gasteiger partial charge in [0.05, 0.1) is 7.11 Å². The van der Waals surface area contributed by atoms with Crippen molar-refractivity contribution in [2.75, 3.05) is 27.2 Å². The van der Waals surface area contributed by atoms with Gasteiger partial charge in [-0.05, 0) is 38.1 Å². The average Bonchev–Trinajstić information content (AvgIpc) is 2.33. The lowest BCUT2D eigenvalue weighted by Crippen LogP contribution is -2.32. The third-order valence-electron chi connectivity index (χ3n) is 3.38. The second kappa shape index (κ2) is 7.51. The number of nitrogens with one attached hydrogen (secondary N) is 1. The number of ether oxygens (including phenoxy) is 1. The number of rotatable bonds is 7. The maximum absolute atomic E-state index is 5.48. The zero-order valence-electron chi connectivity index (χ0n) is 13.2. The van der Waals surface area contributed by atoms with Crippen molar-refractivity contribution in [1.82, 2.24) is 10.2 Å². The minimum Gasteiger partial charge on any atom is -0.496 e. The molecule has 3 nitrogen and oxygen atoms in total. The molecule has 0 unspecified atom stereocenters. The van der Waals surface area contributed by atoms with E-state index in [1.54, 1.807) is 7.11 Å². The van der Waals surface area contributed by atoms with Crippen LogP contribution in [0.4, 0.5) is 0 Å². The lowest BCUT2D eigenvalue weighted by atomic mass is 10.0. The molecule has 1 aromatic rings. The highest BCUT2D eigenvalue weighted by Crippen LogP contribution is 2.23. The van der Waals surface area contributed by atoms with Crippen molar-refractivity contribution in [3.8, 4) is 5.75 Å². The molecule has 3 heteroatoms. The van der Waals surface area contributed by atoms with Gasteiger partial charge >= 0.3 is 0 Å². The Bertz CT molecular complexity index is 402. The number of likely N-dealkylation sites (N-methyl/N-ethyl adjacent to an activating group) is 1. The predicted octanol–water partition coefficient (Wildman–Crippen LogP) is 2.74. The minimum atomic E-state index is 0.546. The van der Waals surface area contributed by atoms with Crippen molar-refractivity contribution < 1.29 is 4.74 Å². The van der Waals surface area contributed by atoms with Gasteiger partial charge in [-0.3, -0.25) is 0 Å². The number of benzene rings is 1. The van der Waals surface area contributed by atoms with E-state index in [0.29, 0.717) is 6.04 Å². The number of nitrogens with zero attached hydrogens (tertiary/aromatic N) is 1. The molecule has 0 amide bonds. The molecule has 0 heterocycles. The molecule has 0 bridgehead atoms. The molecule has 0 saturated carbocycles. The topological polar surface area (TPSA) is 24.5 Å². The van der Waals surface area contributed by atoms with Crippen molar-refractivity contribution in [2.45, 2.75) is 40.3 Å². The summed E-state index contributed by atoms with van der Waals surface area (Å²) in [7, 11) is 3.89. The van der Waals surface area contributed by atoms with Crippen LogP contribution in [0.2, 0.25) is 0 Å². The van der Waals surface area contributed by atoms with Crippen LogP contribution in [0.1, 0.15) is 30.5 Å². The molecule has 1 aromatic carbocycles. The molecular weight excluding hydrogens is 236 g/mol. The molecule has 0 spiro atoms. The van der Waals surface area contributed by atoms with Crippen LogP contribution in [0.15, 0.2) is 12.1 Å². The van der Waals surface area contributed by atoms with Gasteiger partial charge < -0.3 is 15.0 Å². The SMILES string of the molecule is COc1cc(C)c(C)cc1CN(C)CCNC(C)C. The number of hydrogen-bond donors (Lipinski definition) is 1. The van der Waals surface area contributed by atoms with Crippen LogP contribution >= 0.6 is 0 Å². The van der Waals surface area contributed by atoms with Crippen molar-refractivity contribution in [3.63, 3.8) is 0 Å². The first-order valence-electron chi connectivity index (χ1n) is 7.00. The molecule has 0 aromatic heterocycles. The van der Waals surface area contributed by atoms with Crippen molar-refractivity contribution in [1.29, 1.82) is 0 Å². The van der Waals surface area contributed by atoms with E-state index in [4.69, 9.17) is 4.74 Å². The maximum Gasteiger partial charge on any atom is 0.123 e. The summed E-state index contributed by atoms with van der Waals surface area (Å²) in [6.45, 7) is 11.6. The van der Waals surface area contributed by atoms with Crippen LogP contribution in [0.5, 0.6) is 5.75 Å². The number of hydrogen-bond acceptors (Lipinski definition) is 3. The Balaban J connectivity index is 2.62. The molecule has 1 rings (SSSR count). The fraction of sp³-hybridized carbons (Fsp3) is 0.625. The second-order valence-electron chi connectivity index (χ2n) is 5.59. The fourth-order valence-corrected chi connectivity index (χ4v) is 2.08. The Morgan fingerprint density at radius 1 is 1.21 bits per heavy atom. The van der Waals surface area contributed by atoms with E-state index in [9.17, 15) is 0 Å². The second-order valence-corrected chi connectivity index (χ2v) is 5.59. The van der Waals surface area contributed by atoms with Gasteiger partial charge in [-0.2, -0.15) is 0 Å². The summed E-state index contributed by atoms with van der Waals surface area (Å²) in [6.07, 6.45) is 0. The zero-order valence-corrected chi connectivity index (χ0v) is 13.2. The van der Waals surface area contributed by atoms with Gasteiger partial charge in [0.15, 0.2) is 0 Å². The van der Waals surface area contributed by atoms with Crippen molar-refractivity contribution in [3.05, 3.63) is 28.8 Å². The first kappa shape index (κ1) is 16.0. The Labute approximate surface area is 118 Å². The van der Waals surface area contributed by atoms with Gasteiger partial charge in [-0.15, -0.1) is 0 Å². The Kier molecular flexibility index (Phi) is 6.32. The summed E-state index contributed by atoms with van der Waals surface area (Å²) in [5, 5.41) is 3.44. The lowest BCUT2D eigenvalue weighted by molar-refractivity contribution is 0.311. The van der Waals surface area contributed by atoms with Crippen molar-refractivity contribution in [2.24, 2.45) is 0 Å². The predicted molar refractivity (Wildman–Crippen MR) is 81.9 cm³/mol. The van der Waals surface area contributed by atoms with Crippen LogP contribution in [0.3, 0.4) is 0 Å². The molecule has 0 saturated heterocycles. The molecule has 0 aliphatic carbocycles. The number of methoxy groups -OCH3 is 1. The lowest BCUT2D eigenvalue weighted by Gasteiger charge is -2.20. The van der Waals surface area contributed by atoms with Crippen LogP contribution in [0.25, 0.3) is 0 Å². The average molecular weight is 264 g/mol. The van der Waals surface area contributed by atoms with Crippen LogP contribution in [-0.4, -0.2) is 38.2 Å². The molecule has 1 N–H and O–H groups in total. The third-order valence-corrected chi connectivity index (χ3v) is 3.38. The molecule has 108 valence electrons. The van der Waals surface area contributed by atoms with Gasteiger partial charge in [-0.25, -0.2) is 0 Å². The van der Waals surface area contributed by atoms with Gasteiger partial charge in [0, 0.05) is 31.2 Å². The van der Waals surface area contributed by atoms with E-state index in [1.807, 2.05) is 0 Å². The molecule has 0 radical (unpaired) electrons.